The topological polar surface area (TPSA) is 46.0 Å². The fraction of sp³-hybridized carbons (Fsp3) is 0.818. The van der Waals surface area contributed by atoms with Gasteiger partial charge in [-0.1, -0.05) is 6.92 Å². The molecule has 0 aliphatic heterocycles. The lowest BCUT2D eigenvalue weighted by molar-refractivity contribution is 0.393. The lowest BCUT2D eigenvalue weighted by Gasteiger charge is -2.10. The van der Waals surface area contributed by atoms with Crippen LogP contribution < -0.4 is 5.32 Å². The van der Waals surface area contributed by atoms with E-state index in [1.807, 2.05) is 4.68 Å². The Hall–Kier alpha value is -0.940. The third-order valence-corrected chi connectivity index (χ3v) is 2.37. The number of aromatic nitrogens is 3. The van der Waals surface area contributed by atoms with Gasteiger partial charge in [0.15, 0.2) is 0 Å². The van der Waals surface area contributed by atoms with Crippen molar-refractivity contribution in [2.24, 2.45) is 0 Å². The zero-order valence-corrected chi connectivity index (χ0v) is 10.6. The van der Waals surface area contributed by atoms with Crippen molar-refractivity contribution in [2.75, 3.05) is 27.2 Å². The van der Waals surface area contributed by atoms with E-state index in [1.165, 1.54) is 0 Å². The first-order valence-corrected chi connectivity index (χ1v) is 5.96. The summed E-state index contributed by atoms with van der Waals surface area (Å²) in [6, 6.07) is 0. The summed E-state index contributed by atoms with van der Waals surface area (Å²) in [4.78, 5) is 6.44. The highest BCUT2D eigenvalue weighted by Crippen LogP contribution is 1.95. The molecule has 0 radical (unpaired) electrons. The summed E-state index contributed by atoms with van der Waals surface area (Å²) in [6.45, 7) is 6.06. The van der Waals surface area contributed by atoms with Crippen molar-refractivity contribution < 1.29 is 0 Å². The van der Waals surface area contributed by atoms with Crippen LogP contribution in [0.1, 0.15) is 25.6 Å². The molecule has 0 aliphatic rings. The van der Waals surface area contributed by atoms with Crippen LogP contribution in [0.4, 0.5) is 0 Å². The Balaban J connectivity index is 2.18. The zero-order chi connectivity index (χ0) is 11.8. The van der Waals surface area contributed by atoms with E-state index in [2.05, 4.69) is 41.3 Å². The smallest absolute Gasteiger partial charge is 0.140 e. The maximum Gasteiger partial charge on any atom is 0.140 e. The maximum absolute atomic E-state index is 4.25. The number of nitrogens with one attached hydrogen (secondary N) is 1. The van der Waals surface area contributed by atoms with Crippen molar-refractivity contribution in [3.05, 3.63) is 12.2 Å². The molecule has 5 nitrogen and oxygen atoms in total. The number of rotatable bonds is 8. The molecule has 1 N–H and O–H groups in total. The van der Waals surface area contributed by atoms with Gasteiger partial charge < -0.3 is 10.2 Å². The molecule has 92 valence electrons. The predicted molar refractivity (Wildman–Crippen MR) is 65.2 cm³/mol. The minimum absolute atomic E-state index is 0.813. The molecule has 1 heterocycles. The summed E-state index contributed by atoms with van der Waals surface area (Å²) in [5.41, 5.74) is 0. The summed E-state index contributed by atoms with van der Waals surface area (Å²) >= 11 is 0. The second-order valence-electron chi connectivity index (χ2n) is 4.23. The standard InChI is InChI=1S/C11H23N5/c1-4-7-16-11(13-10-14-16)9-12-6-5-8-15(2)3/h10,12H,4-9H2,1-3H3. The zero-order valence-electron chi connectivity index (χ0n) is 10.6. The highest BCUT2D eigenvalue weighted by atomic mass is 15.3. The maximum atomic E-state index is 4.25. The second-order valence-corrected chi connectivity index (χ2v) is 4.23. The summed E-state index contributed by atoms with van der Waals surface area (Å²) in [6.07, 6.45) is 3.89. The molecule has 16 heavy (non-hydrogen) atoms. The Morgan fingerprint density at radius 1 is 1.44 bits per heavy atom. The van der Waals surface area contributed by atoms with Crippen LogP contribution in [-0.2, 0) is 13.1 Å². The first-order chi connectivity index (χ1) is 7.74. The van der Waals surface area contributed by atoms with E-state index in [0.717, 1.165) is 44.8 Å². The van der Waals surface area contributed by atoms with Gasteiger partial charge in [-0.25, -0.2) is 9.67 Å². The summed E-state index contributed by atoms with van der Waals surface area (Å²) in [5, 5.41) is 7.58. The van der Waals surface area contributed by atoms with E-state index >= 15 is 0 Å². The predicted octanol–water partition coefficient (Wildman–Crippen LogP) is 0.729. The van der Waals surface area contributed by atoms with Crippen LogP contribution in [0.2, 0.25) is 0 Å². The molecular weight excluding hydrogens is 202 g/mol. The fourth-order valence-electron chi connectivity index (χ4n) is 1.54. The third kappa shape index (κ3) is 4.72. The Bertz CT molecular complexity index is 282. The highest BCUT2D eigenvalue weighted by molar-refractivity contribution is 4.83. The molecular formula is C11H23N5. The average Bonchev–Trinajstić information content (AvgIpc) is 2.65. The lowest BCUT2D eigenvalue weighted by Crippen LogP contribution is -2.22. The number of hydrogen-bond donors (Lipinski definition) is 1. The number of nitrogens with zero attached hydrogens (tertiary/aromatic N) is 4. The van der Waals surface area contributed by atoms with Gasteiger partial charge in [0.2, 0.25) is 0 Å². The van der Waals surface area contributed by atoms with E-state index in [-0.39, 0.29) is 0 Å². The molecule has 0 amide bonds. The van der Waals surface area contributed by atoms with Gasteiger partial charge in [-0.2, -0.15) is 5.10 Å². The average molecular weight is 225 g/mol. The molecule has 0 aromatic carbocycles. The van der Waals surface area contributed by atoms with Crippen LogP contribution in [0.5, 0.6) is 0 Å². The molecule has 0 fully saturated rings. The SMILES string of the molecule is CCCn1ncnc1CNCCCN(C)C. The van der Waals surface area contributed by atoms with Crippen LogP contribution in [0.15, 0.2) is 6.33 Å². The van der Waals surface area contributed by atoms with E-state index in [4.69, 9.17) is 0 Å². The molecule has 0 unspecified atom stereocenters. The van der Waals surface area contributed by atoms with Crippen molar-refractivity contribution >= 4 is 0 Å². The summed E-state index contributed by atoms with van der Waals surface area (Å²) in [7, 11) is 4.19. The highest BCUT2D eigenvalue weighted by Gasteiger charge is 2.01. The van der Waals surface area contributed by atoms with Crippen LogP contribution >= 0.6 is 0 Å². The minimum atomic E-state index is 0.813. The molecule has 1 rings (SSSR count). The molecule has 0 saturated carbocycles. The lowest BCUT2D eigenvalue weighted by atomic mass is 10.4. The van der Waals surface area contributed by atoms with Gasteiger partial charge in [0.1, 0.15) is 12.2 Å². The first-order valence-electron chi connectivity index (χ1n) is 5.96. The number of hydrogen-bond acceptors (Lipinski definition) is 4. The van der Waals surface area contributed by atoms with Gasteiger partial charge in [0, 0.05) is 6.54 Å². The Morgan fingerprint density at radius 2 is 2.25 bits per heavy atom. The summed E-state index contributed by atoms with van der Waals surface area (Å²) < 4.78 is 1.97. The van der Waals surface area contributed by atoms with Gasteiger partial charge in [0.25, 0.3) is 0 Å². The van der Waals surface area contributed by atoms with E-state index in [9.17, 15) is 0 Å². The van der Waals surface area contributed by atoms with Crippen molar-refractivity contribution in [1.82, 2.24) is 25.0 Å². The van der Waals surface area contributed by atoms with E-state index in [1.54, 1.807) is 6.33 Å². The fourth-order valence-corrected chi connectivity index (χ4v) is 1.54. The molecule has 1 aromatic heterocycles. The molecule has 0 bridgehead atoms. The van der Waals surface area contributed by atoms with Crippen molar-refractivity contribution in [3.63, 3.8) is 0 Å². The summed E-state index contributed by atoms with van der Waals surface area (Å²) in [5.74, 6) is 1.03. The van der Waals surface area contributed by atoms with Crippen LogP contribution in [0.25, 0.3) is 0 Å². The van der Waals surface area contributed by atoms with Gasteiger partial charge in [-0.3, -0.25) is 0 Å². The monoisotopic (exact) mass is 225 g/mol. The van der Waals surface area contributed by atoms with Gasteiger partial charge in [-0.05, 0) is 40.0 Å². The largest absolute Gasteiger partial charge is 0.310 e. The molecule has 0 saturated heterocycles. The van der Waals surface area contributed by atoms with Gasteiger partial charge in [-0.15, -0.1) is 0 Å². The third-order valence-electron chi connectivity index (χ3n) is 2.37. The van der Waals surface area contributed by atoms with Crippen molar-refractivity contribution in [3.8, 4) is 0 Å². The van der Waals surface area contributed by atoms with Gasteiger partial charge in [0.05, 0.1) is 6.54 Å². The molecule has 0 spiro atoms. The normalized spacial score (nSPS) is 11.2. The van der Waals surface area contributed by atoms with Crippen LogP contribution in [0, 0.1) is 0 Å². The first kappa shape index (κ1) is 13.1. The Kier molecular flexibility index (Phi) is 6.03. The van der Waals surface area contributed by atoms with Crippen molar-refractivity contribution in [2.45, 2.75) is 32.9 Å². The quantitative estimate of drug-likeness (QED) is 0.663. The van der Waals surface area contributed by atoms with E-state index < -0.39 is 0 Å². The Morgan fingerprint density at radius 3 is 2.94 bits per heavy atom. The molecule has 1 aromatic rings. The van der Waals surface area contributed by atoms with Crippen molar-refractivity contribution in [1.29, 1.82) is 0 Å². The van der Waals surface area contributed by atoms with Crippen LogP contribution in [-0.4, -0.2) is 46.8 Å². The molecule has 0 aliphatic carbocycles. The van der Waals surface area contributed by atoms with Gasteiger partial charge >= 0.3 is 0 Å². The number of aryl methyl sites for hydroxylation is 1. The molecule has 5 heteroatoms. The molecule has 0 atom stereocenters. The van der Waals surface area contributed by atoms with Crippen LogP contribution in [0.3, 0.4) is 0 Å². The minimum Gasteiger partial charge on any atom is -0.310 e. The second kappa shape index (κ2) is 7.35. The Labute approximate surface area is 97.9 Å². The van der Waals surface area contributed by atoms with E-state index in [0.29, 0.717) is 0 Å².